The molecule has 0 saturated heterocycles. The molecule has 0 bridgehead atoms. The van der Waals surface area contributed by atoms with Crippen LogP contribution in [0, 0.1) is 17.8 Å². The third kappa shape index (κ3) is 14.8. The number of esters is 2. The zero-order valence-electron chi connectivity index (χ0n) is 20.9. The van der Waals surface area contributed by atoms with E-state index >= 15 is 0 Å². The van der Waals surface area contributed by atoms with Crippen molar-refractivity contribution in [2.24, 2.45) is 17.8 Å². The lowest BCUT2D eigenvalue weighted by Crippen LogP contribution is -2.42. The summed E-state index contributed by atoms with van der Waals surface area (Å²) in [4.78, 5) is 25.2. The van der Waals surface area contributed by atoms with Crippen LogP contribution in [0.2, 0.25) is 0 Å². The van der Waals surface area contributed by atoms with Crippen molar-refractivity contribution in [1.29, 1.82) is 0 Å². The van der Waals surface area contributed by atoms with E-state index in [0.29, 0.717) is 31.6 Å². The summed E-state index contributed by atoms with van der Waals surface area (Å²) in [6.45, 7) is 16.0. The summed E-state index contributed by atoms with van der Waals surface area (Å²) in [5, 5.41) is 3.34. The molecular weight excluding hydrogens is 378 g/mol. The maximum Gasteiger partial charge on any atom is 0.310 e. The standard InChI is InChI=1S/C25H49NO4/c1-8-12-14-20(10-3)18-29-23(27)16-22(17-26-25(5,6)7)24(28)30-19-21(11-4)15-13-9-2/h20-22,26H,8-19H2,1-7H3. The van der Waals surface area contributed by atoms with Crippen molar-refractivity contribution in [3.05, 3.63) is 0 Å². The number of carbonyl (C=O) groups excluding carboxylic acids is 2. The molecule has 5 heteroatoms. The van der Waals surface area contributed by atoms with Gasteiger partial charge in [-0.05, 0) is 45.4 Å². The first kappa shape index (κ1) is 28.9. The molecule has 0 aromatic heterocycles. The van der Waals surface area contributed by atoms with E-state index in [-0.39, 0.29) is 23.9 Å². The van der Waals surface area contributed by atoms with Gasteiger partial charge in [0.25, 0.3) is 0 Å². The van der Waals surface area contributed by atoms with Crippen LogP contribution < -0.4 is 5.32 Å². The summed E-state index contributed by atoms with van der Waals surface area (Å²) < 4.78 is 11.2. The van der Waals surface area contributed by atoms with E-state index in [2.05, 4.69) is 33.0 Å². The first-order valence-electron chi connectivity index (χ1n) is 12.2. The molecule has 0 rings (SSSR count). The van der Waals surface area contributed by atoms with Crippen LogP contribution in [-0.4, -0.2) is 37.2 Å². The molecule has 0 heterocycles. The molecule has 0 aliphatic carbocycles. The minimum atomic E-state index is -0.517. The van der Waals surface area contributed by atoms with Gasteiger partial charge >= 0.3 is 11.9 Å². The lowest BCUT2D eigenvalue weighted by molar-refractivity contribution is -0.156. The van der Waals surface area contributed by atoms with Crippen LogP contribution in [0.1, 0.15) is 106 Å². The molecule has 0 fully saturated rings. The molecule has 0 amide bonds. The second kappa shape index (κ2) is 16.6. The number of carbonyl (C=O) groups is 2. The van der Waals surface area contributed by atoms with Gasteiger partial charge in [0.05, 0.1) is 25.6 Å². The van der Waals surface area contributed by atoms with E-state index in [1.807, 2.05) is 20.8 Å². The number of ether oxygens (including phenoxy) is 2. The molecular formula is C25H49NO4. The number of rotatable bonds is 17. The highest BCUT2D eigenvalue weighted by molar-refractivity contribution is 5.80. The summed E-state index contributed by atoms with van der Waals surface area (Å²) >= 11 is 0. The minimum Gasteiger partial charge on any atom is -0.465 e. The number of nitrogens with one attached hydrogen (secondary N) is 1. The fourth-order valence-corrected chi connectivity index (χ4v) is 3.25. The topological polar surface area (TPSA) is 64.6 Å². The number of hydrogen-bond acceptors (Lipinski definition) is 5. The van der Waals surface area contributed by atoms with Crippen molar-refractivity contribution < 1.29 is 19.1 Å². The number of hydrogen-bond donors (Lipinski definition) is 1. The van der Waals surface area contributed by atoms with Gasteiger partial charge in [0, 0.05) is 12.1 Å². The Balaban J connectivity index is 4.77. The fourth-order valence-electron chi connectivity index (χ4n) is 3.25. The Bertz CT molecular complexity index is 459. The van der Waals surface area contributed by atoms with Crippen LogP contribution in [0.3, 0.4) is 0 Å². The quantitative estimate of drug-likeness (QED) is 0.293. The first-order valence-corrected chi connectivity index (χ1v) is 12.2. The minimum absolute atomic E-state index is 0.0673. The zero-order valence-corrected chi connectivity index (χ0v) is 20.9. The van der Waals surface area contributed by atoms with E-state index in [4.69, 9.17) is 9.47 Å². The Labute approximate surface area is 186 Å². The summed E-state index contributed by atoms with van der Waals surface area (Å²) in [6.07, 6.45) is 8.80. The Hall–Kier alpha value is -1.10. The highest BCUT2D eigenvalue weighted by Crippen LogP contribution is 2.17. The van der Waals surface area contributed by atoms with Crippen LogP contribution in [0.4, 0.5) is 0 Å². The smallest absolute Gasteiger partial charge is 0.310 e. The maximum atomic E-state index is 12.8. The van der Waals surface area contributed by atoms with Gasteiger partial charge in [-0.25, -0.2) is 0 Å². The van der Waals surface area contributed by atoms with Crippen molar-refractivity contribution >= 4 is 11.9 Å². The summed E-state index contributed by atoms with van der Waals surface area (Å²) in [5.74, 6) is -0.328. The molecule has 0 radical (unpaired) electrons. The average molecular weight is 428 g/mol. The van der Waals surface area contributed by atoms with Crippen molar-refractivity contribution in [1.82, 2.24) is 5.32 Å². The largest absolute Gasteiger partial charge is 0.465 e. The van der Waals surface area contributed by atoms with Crippen LogP contribution in [0.5, 0.6) is 0 Å². The second-order valence-electron chi connectivity index (χ2n) is 9.68. The lowest BCUT2D eigenvalue weighted by Gasteiger charge is -2.25. The van der Waals surface area contributed by atoms with Crippen LogP contribution in [0.25, 0.3) is 0 Å². The van der Waals surface area contributed by atoms with E-state index in [1.54, 1.807) is 0 Å². The van der Waals surface area contributed by atoms with Crippen molar-refractivity contribution in [3.8, 4) is 0 Å². The fraction of sp³-hybridized carbons (Fsp3) is 0.920. The highest BCUT2D eigenvalue weighted by atomic mass is 16.5. The third-order valence-electron chi connectivity index (χ3n) is 5.65. The summed E-state index contributed by atoms with van der Waals surface area (Å²) in [5.41, 5.74) is -0.136. The van der Waals surface area contributed by atoms with Crippen molar-refractivity contribution in [2.45, 2.75) is 112 Å². The molecule has 0 aliphatic rings. The Morgan fingerprint density at radius 2 is 1.33 bits per heavy atom. The predicted molar refractivity (Wildman–Crippen MR) is 124 cm³/mol. The maximum absolute atomic E-state index is 12.8. The molecule has 3 unspecified atom stereocenters. The molecule has 5 nitrogen and oxygen atoms in total. The first-order chi connectivity index (χ1) is 14.2. The van der Waals surface area contributed by atoms with Gasteiger partial charge < -0.3 is 14.8 Å². The third-order valence-corrected chi connectivity index (χ3v) is 5.65. The van der Waals surface area contributed by atoms with Crippen molar-refractivity contribution in [2.75, 3.05) is 19.8 Å². The molecule has 0 aromatic carbocycles. The van der Waals surface area contributed by atoms with Gasteiger partial charge in [0.1, 0.15) is 0 Å². The Morgan fingerprint density at radius 1 is 0.833 bits per heavy atom. The van der Waals surface area contributed by atoms with Crippen LogP contribution >= 0.6 is 0 Å². The molecule has 1 N–H and O–H groups in total. The van der Waals surface area contributed by atoms with E-state index in [1.165, 1.54) is 0 Å². The van der Waals surface area contributed by atoms with Gasteiger partial charge in [-0.3, -0.25) is 9.59 Å². The monoisotopic (exact) mass is 427 g/mol. The van der Waals surface area contributed by atoms with Gasteiger partial charge in [-0.1, -0.05) is 66.2 Å². The van der Waals surface area contributed by atoms with Gasteiger partial charge in [0.2, 0.25) is 0 Å². The highest BCUT2D eigenvalue weighted by Gasteiger charge is 2.27. The molecule has 0 saturated carbocycles. The van der Waals surface area contributed by atoms with Gasteiger partial charge in [0.15, 0.2) is 0 Å². The average Bonchev–Trinajstić information content (AvgIpc) is 2.70. The Morgan fingerprint density at radius 3 is 1.77 bits per heavy atom. The van der Waals surface area contributed by atoms with E-state index < -0.39 is 5.92 Å². The SMILES string of the molecule is CCCCC(CC)COC(=O)CC(CNC(C)(C)C)C(=O)OCC(CC)CCCC. The summed E-state index contributed by atoms with van der Waals surface area (Å²) in [7, 11) is 0. The molecule has 30 heavy (non-hydrogen) atoms. The lowest BCUT2D eigenvalue weighted by atomic mass is 9.99. The molecule has 0 spiro atoms. The van der Waals surface area contributed by atoms with E-state index in [0.717, 1.165) is 51.4 Å². The second-order valence-corrected chi connectivity index (χ2v) is 9.68. The van der Waals surface area contributed by atoms with Gasteiger partial charge in [-0.2, -0.15) is 0 Å². The zero-order chi connectivity index (χ0) is 23.0. The van der Waals surface area contributed by atoms with E-state index in [9.17, 15) is 9.59 Å². The van der Waals surface area contributed by atoms with Crippen LogP contribution in [0.15, 0.2) is 0 Å². The number of unbranched alkanes of at least 4 members (excludes halogenated alkanes) is 2. The summed E-state index contributed by atoms with van der Waals surface area (Å²) in [6, 6.07) is 0. The molecule has 0 aromatic rings. The molecule has 3 atom stereocenters. The van der Waals surface area contributed by atoms with Crippen LogP contribution in [-0.2, 0) is 19.1 Å². The van der Waals surface area contributed by atoms with Crippen molar-refractivity contribution in [3.63, 3.8) is 0 Å². The predicted octanol–water partition coefficient (Wildman–Crippen LogP) is 5.90. The Kier molecular flexibility index (Phi) is 16.0. The molecule has 0 aliphatic heterocycles. The molecule has 178 valence electrons. The normalized spacial score (nSPS) is 14.8. The van der Waals surface area contributed by atoms with Gasteiger partial charge in [-0.15, -0.1) is 0 Å².